The Morgan fingerprint density at radius 3 is 2.65 bits per heavy atom. The predicted molar refractivity (Wildman–Crippen MR) is 70.3 cm³/mol. The Balaban J connectivity index is 1.95. The fourth-order valence-electron chi connectivity index (χ4n) is 1.46. The first kappa shape index (κ1) is 12.2. The molecule has 0 radical (unpaired) electrons. The Bertz CT molecular complexity index is 522. The van der Waals surface area contributed by atoms with Gasteiger partial charge in [0, 0.05) is 24.7 Å². The summed E-state index contributed by atoms with van der Waals surface area (Å²) in [5.74, 6) is -0.335. The van der Waals surface area contributed by atoms with Gasteiger partial charge in [-0.2, -0.15) is 5.10 Å². The van der Waals surface area contributed by atoms with Gasteiger partial charge in [-0.15, -0.1) is 0 Å². The van der Waals surface area contributed by atoms with E-state index >= 15 is 0 Å². The maximum Gasteiger partial charge on any atom is 0.164 e. The maximum atomic E-state index is 12.7. The lowest BCUT2D eigenvalue weighted by atomic mass is 10.1. The van der Waals surface area contributed by atoms with Crippen LogP contribution in [0.2, 0.25) is 0 Å². The molecule has 1 aromatic heterocycles. The fourth-order valence-corrected chi connectivity index (χ4v) is 1.90. The molecule has 0 bridgehead atoms. The van der Waals surface area contributed by atoms with Crippen molar-refractivity contribution in [1.29, 1.82) is 0 Å². The van der Waals surface area contributed by atoms with Crippen LogP contribution in [0.25, 0.3) is 0 Å². The lowest BCUT2D eigenvalue weighted by molar-refractivity contribution is 0.0975. The number of ketones is 1. The molecule has 3 nitrogen and oxygen atoms in total. The van der Waals surface area contributed by atoms with Crippen LogP contribution in [0.1, 0.15) is 16.8 Å². The first-order valence-corrected chi connectivity index (χ1v) is 6.20. The van der Waals surface area contributed by atoms with Gasteiger partial charge in [-0.1, -0.05) is 0 Å². The highest BCUT2D eigenvalue weighted by atomic mass is 127. The number of rotatable bonds is 4. The number of aromatic nitrogens is 2. The van der Waals surface area contributed by atoms with Crippen LogP contribution in [-0.2, 0) is 6.54 Å². The number of Topliss-reactive ketones (excluding diaryl/α,β-unsaturated/α-hetero) is 1. The number of hydrogen-bond acceptors (Lipinski definition) is 2. The zero-order valence-corrected chi connectivity index (χ0v) is 11.1. The van der Waals surface area contributed by atoms with Gasteiger partial charge in [0.15, 0.2) is 5.78 Å². The van der Waals surface area contributed by atoms with Crippen molar-refractivity contribution in [3.8, 4) is 0 Å². The molecule has 1 heterocycles. The minimum Gasteiger partial charge on any atom is -0.294 e. The van der Waals surface area contributed by atoms with Crippen molar-refractivity contribution in [3.05, 3.63) is 51.6 Å². The Morgan fingerprint density at radius 2 is 2.06 bits per heavy atom. The zero-order chi connectivity index (χ0) is 12.3. The summed E-state index contributed by atoms with van der Waals surface area (Å²) in [5.41, 5.74) is 0.535. The smallest absolute Gasteiger partial charge is 0.164 e. The van der Waals surface area contributed by atoms with E-state index in [-0.39, 0.29) is 11.6 Å². The SMILES string of the molecule is O=C(CCn1cc(I)cn1)c1ccc(F)cc1. The summed E-state index contributed by atoms with van der Waals surface area (Å²) in [5, 5.41) is 4.09. The van der Waals surface area contributed by atoms with Gasteiger partial charge >= 0.3 is 0 Å². The van der Waals surface area contributed by atoms with Crippen molar-refractivity contribution in [2.24, 2.45) is 0 Å². The minimum absolute atomic E-state index is 0.00416. The van der Waals surface area contributed by atoms with Crippen LogP contribution in [0.5, 0.6) is 0 Å². The second-order valence-electron chi connectivity index (χ2n) is 3.60. The van der Waals surface area contributed by atoms with Crippen molar-refractivity contribution in [2.45, 2.75) is 13.0 Å². The average molecular weight is 344 g/mol. The van der Waals surface area contributed by atoms with Crippen LogP contribution < -0.4 is 0 Å². The Labute approximate surface area is 112 Å². The number of aryl methyl sites for hydroxylation is 1. The molecule has 0 spiro atoms. The quantitative estimate of drug-likeness (QED) is 0.632. The molecular weight excluding hydrogens is 334 g/mol. The molecule has 0 aliphatic carbocycles. The van der Waals surface area contributed by atoms with E-state index in [4.69, 9.17) is 0 Å². The van der Waals surface area contributed by atoms with Crippen LogP contribution in [0.3, 0.4) is 0 Å². The van der Waals surface area contributed by atoms with Crippen LogP contribution in [0, 0.1) is 9.39 Å². The molecule has 0 N–H and O–H groups in total. The summed E-state index contributed by atoms with van der Waals surface area (Å²) in [6, 6.07) is 5.60. The number of nitrogens with zero attached hydrogens (tertiary/aromatic N) is 2. The monoisotopic (exact) mass is 344 g/mol. The topological polar surface area (TPSA) is 34.9 Å². The molecule has 0 fully saturated rings. The highest BCUT2D eigenvalue weighted by Gasteiger charge is 2.06. The molecule has 0 aliphatic rings. The summed E-state index contributed by atoms with van der Waals surface area (Å²) in [6.07, 6.45) is 3.98. The van der Waals surface area contributed by atoms with Gasteiger partial charge < -0.3 is 0 Å². The number of carbonyl (C=O) groups excluding carboxylic acids is 1. The van der Waals surface area contributed by atoms with E-state index in [9.17, 15) is 9.18 Å². The van der Waals surface area contributed by atoms with E-state index in [0.29, 0.717) is 18.5 Å². The average Bonchev–Trinajstić information content (AvgIpc) is 2.73. The molecule has 0 saturated carbocycles. The third-order valence-corrected chi connectivity index (χ3v) is 2.89. The van der Waals surface area contributed by atoms with Gasteiger partial charge in [0.1, 0.15) is 5.82 Å². The van der Waals surface area contributed by atoms with E-state index in [1.165, 1.54) is 24.3 Å². The third kappa shape index (κ3) is 3.36. The maximum absolute atomic E-state index is 12.7. The van der Waals surface area contributed by atoms with Gasteiger partial charge in [-0.3, -0.25) is 9.48 Å². The normalized spacial score (nSPS) is 10.5. The first-order valence-electron chi connectivity index (χ1n) is 5.12. The molecule has 2 aromatic rings. The van der Waals surface area contributed by atoms with Crippen molar-refractivity contribution in [1.82, 2.24) is 9.78 Å². The van der Waals surface area contributed by atoms with E-state index in [1.54, 1.807) is 10.9 Å². The van der Waals surface area contributed by atoms with Gasteiger partial charge in [-0.05, 0) is 46.9 Å². The number of halogens is 2. The lowest BCUT2D eigenvalue weighted by Gasteiger charge is -2.01. The van der Waals surface area contributed by atoms with Crippen molar-refractivity contribution in [3.63, 3.8) is 0 Å². The molecule has 2 rings (SSSR count). The lowest BCUT2D eigenvalue weighted by Crippen LogP contribution is -2.06. The highest BCUT2D eigenvalue weighted by Crippen LogP contribution is 2.07. The number of hydrogen-bond donors (Lipinski definition) is 0. The van der Waals surface area contributed by atoms with Crippen molar-refractivity contribution >= 4 is 28.4 Å². The molecule has 17 heavy (non-hydrogen) atoms. The van der Waals surface area contributed by atoms with Crippen LogP contribution in [0.15, 0.2) is 36.7 Å². The Morgan fingerprint density at radius 1 is 1.35 bits per heavy atom. The molecular formula is C12H10FIN2O. The van der Waals surface area contributed by atoms with Crippen LogP contribution in [-0.4, -0.2) is 15.6 Å². The number of carbonyl (C=O) groups is 1. The zero-order valence-electron chi connectivity index (χ0n) is 8.94. The van der Waals surface area contributed by atoms with Crippen LogP contribution in [0.4, 0.5) is 4.39 Å². The largest absolute Gasteiger partial charge is 0.294 e. The van der Waals surface area contributed by atoms with E-state index in [2.05, 4.69) is 27.7 Å². The van der Waals surface area contributed by atoms with Gasteiger partial charge in [0.2, 0.25) is 0 Å². The molecule has 0 saturated heterocycles. The fraction of sp³-hybridized carbons (Fsp3) is 0.167. The van der Waals surface area contributed by atoms with Gasteiger partial charge in [0.25, 0.3) is 0 Å². The van der Waals surface area contributed by atoms with E-state index < -0.39 is 0 Å². The van der Waals surface area contributed by atoms with Crippen molar-refractivity contribution < 1.29 is 9.18 Å². The third-order valence-electron chi connectivity index (χ3n) is 2.34. The summed E-state index contributed by atoms with van der Waals surface area (Å²) < 4.78 is 15.4. The molecule has 0 unspecified atom stereocenters. The minimum atomic E-state index is -0.330. The van der Waals surface area contributed by atoms with Crippen molar-refractivity contribution in [2.75, 3.05) is 0 Å². The summed E-state index contributed by atoms with van der Waals surface area (Å²) >= 11 is 2.16. The molecule has 1 aromatic carbocycles. The predicted octanol–water partition coefficient (Wildman–Crippen LogP) is 2.90. The standard InChI is InChI=1S/C12H10FIN2O/c13-10-3-1-9(2-4-10)12(17)5-6-16-8-11(14)7-15-16/h1-4,7-8H,5-6H2. The highest BCUT2D eigenvalue weighted by molar-refractivity contribution is 14.1. The molecule has 88 valence electrons. The molecule has 0 aliphatic heterocycles. The first-order chi connectivity index (χ1) is 8.15. The van der Waals surface area contributed by atoms with Gasteiger partial charge in [0.05, 0.1) is 9.77 Å². The summed E-state index contributed by atoms with van der Waals surface area (Å²) in [7, 11) is 0. The van der Waals surface area contributed by atoms with Crippen LogP contribution >= 0.6 is 22.6 Å². The van der Waals surface area contributed by atoms with E-state index in [1.807, 2.05) is 6.20 Å². The van der Waals surface area contributed by atoms with E-state index in [0.717, 1.165) is 3.57 Å². The number of benzene rings is 1. The Kier molecular flexibility index (Phi) is 3.88. The molecule has 0 amide bonds. The summed E-state index contributed by atoms with van der Waals surface area (Å²) in [6.45, 7) is 0.541. The second-order valence-corrected chi connectivity index (χ2v) is 4.85. The molecule has 5 heteroatoms. The Hall–Kier alpha value is -1.24. The summed E-state index contributed by atoms with van der Waals surface area (Å²) in [4.78, 5) is 11.8. The second kappa shape index (κ2) is 5.39. The van der Waals surface area contributed by atoms with Gasteiger partial charge in [-0.25, -0.2) is 4.39 Å². The molecule has 0 atom stereocenters.